The van der Waals surface area contributed by atoms with E-state index in [1.54, 1.807) is 0 Å². The SMILES string of the molecule is CCC1CCC(=O)CC1S(=O)C(C)C. The lowest BCUT2D eigenvalue weighted by molar-refractivity contribution is -0.120. The zero-order chi connectivity index (χ0) is 10.7. The Kier molecular flexibility index (Phi) is 4.30. The third kappa shape index (κ3) is 2.66. The molecule has 0 amide bonds. The summed E-state index contributed by atoms with van der Waals surface area (Å²) in [6.45, 7) is 6.08. The molecule has 1 aliphatic rings. The van der Waals surface area contributed by atoms with Gasteiger partial charge in [0.25, 0.3) is 0 Å². The van der Waals surface area contributed by atoms with Crippen LogP contribution in [0.4, 0.5) is 0 Å². The first-order valence-electron chi connectivity index (χ1n) is 5.47. The average molecular weight is 216 g/mol. The summed E-state index contributed by atoms with van der Waals surface area (Å²) in [4.78, 5) is 11.3. The Morgan fingerprint density at radius 1 is 1.50 bits per heavy atom. The summed E-state index contributed by atoms with van der Waals surface area (Å²) < 4.78 is 12.0. The van der Waals surface area contributed by atoms with Gasteiger partial charge < -0.3 is 0 Å². The predicted molar refractivity (Wildman–Crippen MR) is 59.7 cm³/mol. The summed E-state index contributed by atoms with van der Waals surface area (Å²) >= 11 is 0. The van der Waals surface area contributed by atoms with E-state index in [2.05, 4.69) is 6.92 Å². The van der Waals surface area contributed by atoms with E-state index in [0.29, 0.717) is 24.5 Å². The minimum atomic E-state index is -0.830. The largest absolute Gasteiger partial charge is 0.300 e. The lowest BCUT2D eigenvalue weighted by atomic mass is 9.86. The van der Waals surface area contributed by atoms with Crippen molar-refractivity contribution in [2.45, 2.75) is 57.0 Å². The van der Waals surface area contributed by atoms with Crippen LogP contribution in [0.25, 0.3) is 0 Å². The van der Waals surface area contributed by atoms with E-state index < -0.39 is 10.8 Å². The standard InChI is InChI=1S/C11H20O2S/c1-4-9-5-6-10(12)7-11(9)14(13)8(2)3/h8-9,11H,4-7H2,1-3H3. The second kappa shape index (κ2) is 5.06. The molecule has 0 heterocycles. The van der Waals surface area contributed by atoms with Crippen molar-refractivity contribution in [3.63, 3.8) is 0 Å². The quantitative estimate of drug-likeness (QED) is 0.725. The molecule has 0 bridgehead atoms. The fourth-order valence-corrected chi connectivity index (χ4v) is 3.87. The van der Waals surface area contributed by atoms with Crippen molar-refractivity contribution in [2.24, 2.45) is 5.92 Å². The van der Waals surface area contributed by atoms with Gasteiger partial charge >= 0.3 is 0 Å². The van der Waals surface area contributed by atoms with Crippen LogP contribution in [0.1, 0.15) is 46.5 Å². The molecule has 1 aliphatic carbocycles. The highest BCUT2D eigenvalue weighted by atomic mass is 32.2. The van der Waals surface area contributed by atoms with Crippen molar-refractivity contribution in [1.82, 2.24) is 0 Å². The van der Waals surface area contributed by atoms with Gasteiger partial charge in [-0.3, -0.25) is 9.00 Å². The Labute approximate surface area is 88.9 Å². The van der Waals surface area contributed by atoms with Crippen LogP contribution in [-0.2, 0) is 15.6 Å². The van der Waals surface area contributed by atoms with Crippen LogP contribution < -0.4 is 0 Å². The van der Waals surface area contributed by atoms with Crippen molar-refractivity contribution in [3.8, 4) is 0 Å². The third-order valence-corrected chi connectivity index (χ3v) is 5.11. The first kappa shape index (κ1) is 11.9. The molecule has 0 aromatic heterocycles. The van der Waals surface area contributed by atoms with Crippen molar-refractivity contribution < 1.29 is 9.00 Å². The number of hydrogen-bond acceptors (Lipinski definition) is 2. The van der Waals surface area contributed by atoms with E-state index in [9.17, 15) is 9.00 Å². The highest BCUT2D eigenvalue weighted by Crippen LogP contribution is 2.29. The molecule has 3 atom stereocenters. The van der Waals surface area contributed by atoms with Crippen molar-refractivity contribution in [1.29, 1.82) is 0 Å². The molecule has 1 saturated carbocycles. The van der Waals surface area contributed by atoms with Gasteiger partial charge in [-0.05, 0) is 12.3 Å². The lowest BCUT2D eigenvalue weighted by Crippen LogP contribution is -2.35. The van der Waals surface area contributed by atoms with Crippen LogP contribution in [0.5, 0.6) is 0 Å². The molecule has 82 valence electrons. The summed E-state index contributed by atoms with van der Waals surface area (Å²) in [5.41, 5.74) is 0. The summed E-state index contributed by atoms with van der Waals surface area (Å²) in [5.74, 6) is 0.796. The highest BCUT2D eigenvalue weighted by molar-refractivity contribution is 7.86. The molecule has 2 nitrogen and oxygen atoms in total. The first-order chi connectivity index (χ1) is 6.56. The average Bonchev–Trinajstić information content (AvgIpc) is 2.16. The zero-order valence-corrected chi connectivity index (χ0v) is 10.1. The minimum Gasteiger partial charge on any atom is -0.300 e. The van der Waals surface area contributed by atoms with E-state index in [4.69, 9.17) is 0 Å². The molecule has 0 aromatic rings. The summed E-state index contributed by atoms with van der Waals surface area (Å²) in [6.07, 6.45) is 3.24. The Hall–Kier alpha value is -0.180. The molecule has 1 rings (SSSR count). The number of Topliss-reactive ketones (excluding diaryl/α,β-unsaturated/α-hetero) is 1. The molecule has 14 heavy (non-hydrogen) atoms. The Balaban J connectivity index is 2.70. The maximum absolute atomic E-state index is 12.0. The van der Waals surface area contributed by atoms with Crippen LogP contribution in [0.2, 0.25) is 0 Å². The molecule has 0 aliphatic heterocycles. The van der Waals surface area contributed by atoms with Crippen molar-refractivity contribution in [3.05, 3.63) is 0 Å². The summed E-state index contributed by atoms with van der Waals surface area (Å²) in [6, 6.07) is 0. The van der Waals surface area contributed by atoms with Crippen LogP contribution in [0.15, 0.2) is 0 Å². The first-order valence-corrected chi connectivity index (χ1v) is 6.75. The van der Waals surface area contributed by atoms with E-state index in [0.717, 1.165) is 12.8 Å². The maximum atomic E-state index is 12.0. The molecule has 0 spiro atoms. The van der Waals surface area contributed by atoms with Gasteiger partial charge in [0, 0.05) is 34.1 Å². The Morgan fingerprint density at radius 3 is 2.64 bits per heavy atom. The van der Waals surface area contributed by atoms with E-state index in [1.165, 1.54) is 0 Å². The summed E-state index contributed by atoms with van der Waals surface area (Å²) in [5, 5.41) is 0.307. The monoisotopic (exact) mass is 216 g/mol. The number of ketones is 1. The highest BCUT2D eigenvalue weighted by Gasteiger charge is 2.33. The Bertz CT molecular complexity index is 235. The second-order valence-corrected chi connectivity index (χ2v) is 6.57. The van der Waals surface area contributed by atoms with E-state index in [-0.39, 0.29) is 10.5 Å². The topological polar surface area (TPSA) is 34.1 Å². The van der Waals surface area contributed by atoms with Crippen LogP contribution >= 0.6 is 0 Å². The second-order valence-electron chi connectivity index (χ2n) is 4.37. The number of carbonyl (C=O) groups excluding carboxylic acids is 1. The molecule has 0 aromatic carbocycles. The third-order valence-electron chi connectivity index (χ3n) is 3.04. The van der Waals surface area contributed by atoms with Gasteiger partial charge in [0.15, 0.2) is 0 Å². The molecular weight excluding hydrogens is 196 g/mol. The lowest BCUT2D eigenvalue weighted by Gasteiger charge is -2.30. The van der Waals surface area contributed by atoms with Crippen molar-refractivity contribution >= 4 is 16.6 Å². The molecular formula is C11H20O2S. The van der Waals surface area contributed by atoms with Crippen LogP contribution in [0.3, 0.4) is 0 Å². The molecule has 3 heteroatoms. The molecule has 0 saturated heterocycles. The van der Waals surface area contributed by atoms with Gasteiger partial charge in [-0.1, -0.05) is 27.2 Å². The minimum absolute atomic E-state index is 0.126. The van der Waals surface area contributed by atoms with Crippen molar-refractivity contribution in [2.75, 3.05) is 0 Å². The van der Waals surface area contributed by atoms with Gasteiger partial charge in [0.2, 0.25) is 0 Å². The van der Waals surface area contributed by atoms with Gasteiger partial charge in [0.1, 0.15) is 5.78 Å². The van der Waals surface area contributed by atoms with Gasteiger partial charge in [-0.2, -0.15) is 0 Å². The van der Waals surface area contributed by atoms with Crippen LogP contribution in [0, 0.1) is 5.92 Å². The fourth-order valence-electron chi connectivity index (χ4n) is 2.11. The number of rotatable bonds is 3. The maximum Gasteiger partial charge on any atom is 0.134 e. The van der Waals surface area contributed by atoms with Gasteiger partial charge in [0.05, 0.1) is 0 Å². The van der Waals surface area contributed by atoms with Gasteiger partial charge in [-0.25, -0.2) is 0 Å². The Morgan fingerprint density at radius 2 is 2.14 bits per heavy atom. The molecule has 0 N–H and O–H groups in total. The van der Waals surface area contributed by atoms with E-state index in [1.807, 2.05) is 13.8 Å². The normalized spacial score (nSPS) is 30.7. The fraction of sp³-hybridized carbons (Fsp3) is 0.909. The van der Waals surface area contributed by atoms with Gasteiger partial charge in [-0.15, -0.1) is 0 Å². The molecule has 1 fully saturated rings. The summed E-state index contributed by atoms with van der Waals surface area (Å²) in [7, 11) is -0.830. The number of carbonyl (C=O) groups is 1. The smallest absolute Gasteiger partial charge is 0.134 e. The molecule has 0 radical (unpaired) electrons. The molecule has 3 unspecified atom stereocenters. The van der Waals surface area contributed by atoms with E-state index >= 15 is 0 Å². The zero-order valence-electron chi connectivity index (χ0n) is 9.29. The number of hydrogen-bond donors (Lipinski definition) is 0. The predicted octanol–water partition coefficient (Wildman–Crippen LogP) is 2.29. The van der Waals surface area contributed by atoms with Crippen LogP contribution in [-0.4, -0.2) is 20.5 Å².